The molecule has 1 saturated carbocycles. The molecule has 0 aromatic heterocycles. The fraction of sp³-hybridized carbons (Fsp3) is 0.941. The van der Waals surface area contributed by atoms with Crippen molar-refractivity contribution in [2.75, 3.05) is 19.6 Å². The number of amides is 1. The lowest BCUT2D eigenvalue weighted by atomic mass is 9.78. The van der Waals surface area contributed by atoms with Crippen LogP contribution in [0, 0.1) is 11.8 Å². The molecule has 0 saturated heterocycles. The topological polar surface area (TPSA) is 67.2 Å². The third-order valence-corrected chi connectivity index (χ3v) is 4.18. The van der Waals surface area contributed by atoms with Crippen LogP contribution in [0.25, 0.3) is 0 Å². The van der Waals surface area contributed by atoms with Gasteiger partial charge >= 0.3 is 0 Å². The fourth-order valence-electron chi connectivity index (χ4n) is 3.13. The molecule has 4 heteroatoms. The Morgan fingerprint density at radius 3 is 2.57 bits per heavy atom. The Morgan fingerprint density at radius 2 is 1.90 bits per heavy atom. The van der Waals surface area contributed by atoms with E-state index in [2.05, 4.69) is 31.4 Å². The predicted octanol–water partition coefficient (Wildman–Crippen LogP) is 2.43. The van der Waals surface area contributed by atoms with Crippen molar-refractivity contribution in [1.29, 1.82) is 0 Å². The van der Waals surface area contributed by atoms with E-state index in [0.717, 1.165) is 44.8 Å². The molecule has 2 unspecified atom stereocenters. The van der Waals surface area contributed by atoms with Crippen molar-refractivity contribution in [2.45, 2.75) is 71.3 Å². The van der Waals surface area contributed by atoms with Gasteiger partial charge < -0.3 is 16.4 Å². The number of nitrogens with two attached hydrogens (primary N) is 1. The zero-order valence-electron chi connectivity index (χ0n) is 14.2. The molecule has 0 aliphatic heterocycles. The third kappa shape index (κ3) is 8.42. The maximum absolute atomic E-state index is 12.3. The number of nitrogens with one attached hydrogen (secondary N) is 2. The molecule has 4 nitrogen and oxygen atoms in total. The molecule has 2 atom stereocenters. The van der Waals surface area contributed by atoms with Gasteiger partial charge in [0, 0.05) is 11.5 Å². The summed E-state index contributed by atoms with van der Waals surface area (Å²) in [6.07, 6.45) is 8.14. The first-order valence-electron chi connectivity index (χ1n) is 8.65. The standard InChI is InChI=1S/C17H35N3O/c1-17(2,3)20-16(21)15-9-4-7-14(13-15)8-5-11-19-12-6-10-18/h14-15,19H,4-13,18H2,1-3H3,(H,20,21). The molecule has 0 radical (unpaired) electrons. The summed E-state index contributed by atoms with van der Waals surface area (Å²) in [7, 11) is 0. The zero-order chi connectivity index (χ0) is 15.7. The Balaban J connectivity index is 2.21. The molecular weight excluding hydrogens is 262 g/mol. The minimum absolute atomic E-state index is 0.114. The van der Waals surface area contributed by atoms with Crippen LogP contribution in [-0.4, -0.2) is 31.1 Å². The molecule has 1 rings (SSSR count). The molecule has 21 heavy (non-hydrogen) atoms. The van der Waals surface area contributed by atoms with E-state index in [1.54, 1.807) is 0 Å². The van der Waals surface area contributed by atoms with Crippen LogP contribution in [0.2, 0.25) is 0 Å². The summed E-state index contributed by atoms with van der Waals surface area (Å²) in [4.78, 5) is 12.3. The van der Waals surface area contributed by atoms with E-state index in [1.165, 1.54) is 25.7 Å². The molecule has 1 fully saturated rings. The molecule has 4 N–H and O–H groups in total. The average Bonchev–Trinajstić information content (AvgIpc) is 2.41. The number of hydrogen-bond donors (Lipinski definition) is 3. The van der Waals surface area contributed by atoms with Gasteiger partial charge in [0.15, 0.2) is 0 Å². The van der Waals surface area contributed by atoms with Crippen molar-refractivity contribution in [1.82, 2.24) is 10.6 Å². The lowest BCUT2D eigenvalue weighted by Gasteiger charge is -2.31. The van der Waals surface area contributed by atoms with Crippen molar-refractivity contribution in [3.63, 3.8) is 0 Å². The number of hydrogen-bond acceptors (Lipinski definition) is 3. The van der Waals surface area contributed by atoms with Gasteiger partial charge in [0.05, 0.1) is 0 Å². The normalized spacial score (nSPS) is 23.0. The average molecular weight is 297 g/mol. The molecule has 0 heterocycles. The summed E-state index contributed by atoms with van der Waals surface area (Å²) in [5.74, 6) is 1.22. The second-order valence-corrected chi connectivity index (χ2v) is 7.50. The summed E-state index contributed by atoms with van der Waals surface area (Å²) < 4.78 is 0. The highest BCUT2D eigenvalue weighted by Crippen LogP contribution is 2.32. The van der Waals surface area contributed by atoms with Crippen molar-refractivity contribution in [3.8, 4) is 0 Å². The van der Waals surface area contributed by atoms with Gasteiger partial charge in [-0.15, -0.1) is 0 Å². The number of carbonyl (C=O) groups is 1. The third-order valence-electron chi connectivity index (χ3n) is 4.18. The Labute approximate surface area is 130 Å². The van der Waals surface area contributed by atoms with Crippen molar-refractivity contribution in [3.05, 3.63) is 0 Å². The van der Waals surface area contributed by atoms with Crippen LogP contribution in [0.5, 0.6) is 0 Å². The second kappa shape index (κ2) is 9.42. The van der Waals surface area contributed by atoms with Gasteiger partial charge in [0.2, 0.25) is 5.91 Å². The van der Waals surface area contributed by atoms with Gasteiger partial charge in [0.1, 0.15) is 0 Å². The first-order valence-corrected chi connectivity index (χ1v) is 8.65. The van der Waals surface area contributed by atoms with E-state index >= 15 is 0 Å². The summed E-state index contributed by atoms with van der Waals surface area (Å²) in [5, 5.41) is 6.57. The lowest BCUT2D eigenvalue weighted by Crippen LogP contribution is -2.44. The van der Waals surface area contributed by atoms with Crippen molar-refractivity contribution >= 4 is 5.91 Å². The molecule has 0 aromatic carbocycles. The largest absolute Gasteiger partial charge is 0.351 e. The van der Waals surface area contributed by atoms with E-state index in [4.69, 9.17) is 5.73 Å². The summed E-state index contributed by atoms with van der Waals surface area (Å²) in [6.45, 7) is 9.03. The predicted molar refractivity (Wildman–Crippen MR) is 89.1 cm³/mol. The van der Waals surface area contributed by atoms with Gasteiger partial charge in [-0.1, -0.05) is 12.8 Å². The Hall–Kier alpha value is -0.610. The fourth-order valence-corrected chi connectivity index (χ4v) is 3.13. The van der Waals surface area contributed by atoms with Crippen LogP contribution in [0.15, 0.2) is 0 Å². The maximum atomic E-state index is 12.3. The molecule has 0 spiro atoms. The molecule has 124 valence electrons. The molecular formula is C17H35N3O. The Kier molecular flexibility index (Phi) is 8.27. The van der Waals surface area contributed by atoms with Gasteiger partial charge in [-0.25, -0.2) is 0 Å². The molecule has 1 aliphatic carbocycles. The molecule has 0 aromatic rings. The highest BCUT2D eigenvalue weighted by atomic mass is 16.2. The second-order valence-electron chi connectivity index (χ2n) is 7.50. The van der Waals surface area contributed by atoms with Gasteiger partial charge in [0.25, 0.3) is 0 Å². The molecule has 1 aliphatic rings. The van der Waals surface area contributed by atoms with Crippen LogP contribution in [0.1, 0.15) is 65.7 Å². The number of carbonyl (C=O) groups excluding carboxylic acids is 1. The lowest BCUT2D eigenvalue weighted by molar-refractivity contribution is -0.128. The minimum atomic E-state index is -0.114. The first kappa shape index (κ1) is 18.4. The monoisotopic (exact) mass is 297 g/mol. The quantitative estimate of drug-likeness (QED) is 0.603. The van der Waals surface area contributed by atoms with Crippen LogP contribution in [-0.2, 0) is 4.79 Å². The summed E-state index contributed by atoms with van der Waals surface area (Å²) >= 11 is 0. The van der Waals surface area contributed by atoms with E-state index in [0.29, 0.717) is 0 Å². The first-order chi connectivity index (χ1) is 9.92. The SMILES string of the molecule is CC(C)(C)NC(=O)C1CCCC(CCCNCCCN)C1. The van der Waals surface area contributed by atoms with Crippen LogP contribution < -0.4 is 16.4 Å². The van der Waals surface area contributed by atoms with Gasteiger partial charge in [-0.05, 0) is 78.4 Å². The molecule has 1 amide bonds. The van der Waals surface area contributed by atoms with Crippen LogP contribution in [0.3, 0.4) is 0 Å². The van der Waals surface area contributed by atoms with Crippen LogP contribution in [0.4, 0.5) is 0 Å². The molecule has 0 bridgehead atoms. The summed E-state index contributed by atoms with van der Waals surface area (Å²) in [6, 6.07) is 0. The van der Waals surface area contributed by atoms with E-state index in [9.17, 15) is 4.79 Å². The maximum Gasteiger partial charge on any atom is 0.223 e. The summed E-state index contributed by atoms with van der Waals surface area (Å²) in [5.41, 5.74) is 5.36. The smallest absolute Gasteiger partial charge is 0.223 e. The Morgan fingerprint density at radius 1 is 1.19 bits per heavy atom. The van der Waals surface area contributed by atoms with Gasteiger partial charge in [-0.2, -0.15) is 0 Å². The van der Waals surface area contributed by atoms with E-state index < -0.39 is 0 Å². The minimum Gasteiger partial charge on any atom is -0.351 e. The van der Waals surface area contributed by atoms with E-state index in [1.807, 2.05) is 0 Å². The number of rotatable bonds is 8. The van der Waals surface area contributed by atoms with Crippen molar-refractivity contribution < 1.29 is 4.79 Å². The zero-order valence-corrected chi connectivity index (χ0v) is 14.2. The van der Waals surface area contributed by atoms with Crippen LogP contribution >= 0.6 is 0 Å². The Bertz CT molecular complexity index is 299. The van der Waals surface area contributed by atoms with Crippen molar-refractivity contribution in [2.24, 2.45) is 17.6 Å². The highest BCUT2D eigenvalue weighted by molar-refractivity contribution is 5.79. The highest BCUT2D eigenvalue weighted by Gasteiger charge is 2.28. The van der Waals surface area contributed by atoms with Gasteiger partial charge in [-0.3, -0.25) is 4.79 Å². The van der Waals surface area contributed by atoms with E-state index in [-0.39, 0.29) is 17.4 Å².